The molecule has 0 aliphatic carbocycles. The first-order chi connectivity index (χ1) is 16.1. The van der Waals surface area contributed by atoms with Crippen molar-refractivity contribution in [3.8, 4) is 5.75 Å². The van der Waals surface area contributed by atoms with Gasteiger partial charge in [0.1, 0.15) is 11.3 Å². The first-order valence-corrected chi connectivity index (χ1v) is 12.7. The quantitative estimate of drug-likeness (QED) is 0.599. The molecule has 9 heteroatoms. The summed E-state index contributed by atoms with van der Waals surface area (Å²) in [4.78, 5) is 25.1. The number of piperidine rings is 1. The van der Waals surface area contributed by atoms with Gasteiger partial charge in [0, 0.05) is 25.2 Å². The predicted octanol–water partition coefficient (Wildman–Crippen LogP) is 3.45. The van der Waals surface area contributed by atoms with E-state index < -0.39 is 21.9 Å². The Kier molecular flexibility index (Phi) is 7.99. The number of nitrogens with one attached hydrogen (secondary N) is 1. The van der Waals surface area contributed by atoms with Crippen LogP contribution >= 0.6 is 0 Å². The van der Waals surface area contributed by atoms with Crippen molar-refractivity contribution < 1.29 is 27.5 Å². The zero-order valence-corrected chi connectivity index (χ0v) is 21.1. The van der Waals surface area contributed by atoms with Crippen molar-refractivity contribution in [2.75, 3.05) is 27.3 Å². The number of ether oxygens (including phenoxy) is 2. The number of hydrogen-bond donors (Lipinski definition) is 1. The van der Waals surface area contributed by atoms with Gasteiger partial charge in [0.25, 0.3) is 5.91 Å². The fourth-order valence-corrected chi connectivity index (χ4v) is 5.80. The standard InChI is InChI=1S/C25H32N2O6S/c1-16-8-10-27(11-9-16)34(30,31)23-14-20(12-17(2)18(23)3)24(28)26-15-19-6-7-22(32-4)21(13-19)25(29)33-5/h6-7,12-14,16H,8-11,15H2,1-5H3,(H,26,28). The lowest BCUT2D eigenvalue weighted by atomic mass is 10.0. The van der Waals surface area contributed by atoms with E-state index in [4.69, 9.17) is 9.47 Å². The largest absolute Gasteiger partial charge is 0.496 e. The van der Waals surface area contributed by atoms with Crippen molar-refractivity contribution in [1.29, 1.82) is 0 Å². The summed E-state index contributed by atoms with van der Waals surface area (Å²) in [6.45, 7) is 6.81. The van der Waals surface area contributed by atoms with E-state index in [-0.39, 0.29) is 22.6 Å². The highest BCUT2D eigenvalue weighted by molar-refractivity contribution is 7.89. The number of rotatable bonds is 7. The number of carbonyl (C=O) groups is 2. The highest BCUT2D eigenvalue weighted by atomic mass is 32.2. The second-order valence-corrected chi connectivity index (χ2v) is 10.6. The molecule has 0 saturated carbocycles. The number of sulfonamides is 1. The number of esters is 1. The maximum Gasteiger partial charge on any atom is 0.341 e. The van der Waals surface area contributed by atoms with Crippen molar-refractivity contribution in [2.24, 2.45) is 5.92 Å². The molecule has 2 aromatic rings. The van der Waals surface area contributed by atoms with Crippen LogP contribution in [0.3, 0.4) is 0 Å². The second-order valence-electron chi connectivity index (χ2n) is 8.71. The average Bonchev–Trinajstić information content (AvgIpc) is 2.83. The molecule has 1 aliphatic heterocycles. The van der Waals surface area contributed by atoms with Gasteiger partial charge in [-0.15, -0.1) is 0 Å². The van der Waals surface area contributed by atoms with Crippen LogP contribution in [0.15, 0.2) is 35.2 Å². The Labute approximate surface area is 201 Å². The number of carbonyl (C=O) groups excluding carboxylic acids is 2. The molecule has 1 N–H and O–H groups in total. The highest BCUT2D eigenvalue weighted by Crippen LogP contribution is 2.28. The Morgan fingerprint density at radius 1 is 1.09 bits per heavy atom. The SMILES string of the molecule is COC(=O)c1cc(CNC(=O)c2cc(C)c(C)c(S(=O)(=O)N3CCC(C)CC3)c2)ccc1OC. The Morgan fingerprint density at radius 3 is 2.38 bits per heavy atom. The van der Waals surface area contributed by atoms with E-state index in [1.165, 1.54) is 24.6 Å². The van der Waals surface area contributed by atoms with Gasteiger partial charge in [0.2, 0.25) is 10.0 Å². The first kappa shape index (κ1) is 25.7. The topological polar surface area (TPSA) is 102 Å². The Balaban J connectivity index is 1.82. The van der Waals surface area contributed by atoms with Crippen LogP contribution in [-0.2, 0) is 21.3 Å². The Hall–Kier alpha value is -2.91. The zero-order chi connectivity index (χ0) is 25.0. The number of methoxy groups -OCH3 is 2. The molecule has 34 heavy (non-hydrogen) atoms. The van der Waals surface area contributed by atoms with Crippen molar-refractivity contribution in [1.82, 2.24) is 9.62 Å². The van der Waals surface area contributed by atoms with Crippen LogP contribution in [0.25, 0.3) is 0 Å². The summed E-state index contributed by atoms with van der Waals surface area (Å²) in [7, 11) is -0.958. The number of aryl methyl sites for hydroxylation is 1. The molecule has 2 aromatic carbocycles. The molecule has 0 unspecified atom stereocenters. The summed E-state index contributed by atoms with van der Waals surface area (Å²) in [5.74, 6) is -0.0644. The van der Waals surface area contributed by atoms with Gasteiger partial charge in [0.15, 0.2) is 0 Å². The molecule has 0 spiro atoms. The molecule has 0 radical (unpaired) electrons. The monoisotopic (exact) mass is 488 g/mol. The van der Waals surface area contributed by atoms with E-state index in [1.807, 2.05) is 0 Å². The van der Waals surface area contributed by atoms with Gasteiger partial charge in [-0.1, -0.05) is 13.0 Å². The van der Waals surface area contributed by atoms with Gasteiger partial charge in [-0.25, -0.2) is 13.2 Å². The van der Waals surface area contributed by atoms with E-state index in [2.05, 4.69) is 12.2 Å². The van der Waals surface area contributed by atoms with E-state index in [0.717, 1.165) is 18.4 Å². The van der Waals surface area contributed by atoms with Crippen molar-refractivity contribution in [3.63, 3.8) is 0 Å². The molecule has 1 amide bonds. The number of amides is 1. The molecule has 0 bridgehead atoms. The fraction of sp³-hybridized carbons (Fsp3) is 0.440. The summed E-state index contributed by atoms with van der Waals surface area (Å²) in [6, 6.07) is 8.11. The van der Waals surface area contributed by atoms with Crippen LogP contribution in [-0.4, -0.2) is 51.9 Å². The molecular weight excluding hydrogens is 456 g/mol. The Bertz CT molecular complexity index is 1180. The van der Waals surface area contributed by atoms with Crippen LogP contribution in [0, 0.1) is 19.8 Å². The maximum absolute atomic E-state index is 13.3. The lowest BCUT2D eigenvalue weighted by Gasteiger charge is -2.30. The minimum absolute atomic E-state index is 0.145. The molecule has 1 fully saturated rings. The summed E-state index contributed by atoms with van der Waals surface area (Å²) in [5.41, 5.74) is 2.58. The normalized spacial score (nSPS) is 15.1. The van der Waals surface area contributed by atoms with Crippen molar-refractivity contribution in [3.05, 3.63) is 58.1 Å². The predicted molar refractivity (Wildman–Crippen MR) is 129 cm³/mol. The zero-order valence-electron chi connectivity index (χ0n) is 20.3. The summed E-state index contributed by atoms with van der Waals surface area (Å²) >= 11 is 0. The van der Waals surface area contributed by atoms with Crippen LogP contribution in [0.2, 0.25) is 0 Å². The molecular formula is C25H32N2O6S. The van der Waals surface area contributed by atoms with Gasteiger partial charge in [-0.05, 0) is 73.6 Å². The van der Waals surface area contributed by atoms with Crippen molar-refractivity contribution >= 4 is 21.9 Å². The fourth-order valence-electron chi connectivity index (χ4n) is 4.01. The number of hydrogen-bond acceptors (Lipinski definition) is 6. The van der Waals surface area contributed by atoms with E-state index in [9.17, 15) is 18.0 Å². The first-order valence-electron chi connectivity index (χ1n) is 11.2. The van der Waals surface area contributed by atoms with Gasteiger partial charge >= 0.3 is 5.97 Å². The summed E-state index contributed by atoms with van der Waals surface area (Å²) < 4.78 is 38.2. The van der Waals surface area contributed by atoms with Gasteiger partial charge in [0.05, 0.1) is 19.1 Å². The van der Waals surface area contributed by atoms with Crippen LogP contribution in [0.1, 0.15) is 57.2 Å². The highest BCUT2D eigenvalue weighted by Gasteiger charge is 2.30. The van der Waals surface area contributed by atoms with E-state index in [1.54, 1.807) is 38.1 Å². The Morgan fingerprint density at radius 2 is 1.76 bits per heavy atom. The molecule has 0 atom stereocenters. The van der Waals surface area contributed by atoms with Crippen LogP contribution in [0.4, 0.5) is 0 Å². The molecule has 1 heterocycles. The van der Waals surface area contributed by atoms with Gasteiger partial charge in [-0.2, -0.15) is 4.31 Å². The molecule has 184 valence electrons. The maximum atomic E-state index is 13.3. The lowest BCUT2D eigenvalue weighted by Crippen LogP contribution is -2.38. The third-order valence-electron chi connectivity index (χ3n) is 6.36. The van der Waals surface area contributed by atoms with Crippen LogP contribution < -0.4 is 10.1 Å². The number of benzene rings is 2. The van der Waals surface area contributed by atoms with Crippen LogP contribution in [0.5, 0.6) is 5.75 Å². The lowest BCUT2D eigenvalue weighted by molar-refractivity contribution is 0.0597. The summed E-state index contributed by atoms with van der Waals surface area (Å²) in [6.07, 6.45) is 1.65. The second kappa shape index (κ2) is 10.6. The molecule has 0 aromatic heterocycles. The average molecular weight is 489 g/mol. The number of nitrogens with zero attached hydrogens (tertiary/aromatic N) is 1. The van der Waals surface area contributed by atoms with Crippen molar-refractivity contribution in [2.45, 2.75) is 45.1 Å². The van der Waals surface area contributed by atoms with Gasteiger partial charge in [-0.3, -0.25) is 4.79 Å². The van der Waals surface area contributed by atoms with E-state index in [0.29, 0.717) is 35.9 Å². The summed E-state index contributed by atoms with van der Waals surface area (Å²) in [5, 5.41) is 2.81. The smallest absolute Gasteiger partial charge is 0.341 e. The minimum Gasteiger partial charge on any atom is -0.496 e. The molecule has 3 rings (SSSR count). The third kappa shape index (κ3) is 5.42. The molecule has 1 saturated heterocycles. The van der Waals surface area contributed by atoms with E-state index >= 15 is 0 Å². The minimum atomic E-state index is -3.70. The molecule has 8 nitrogen and oxygen atoms in total. The third-order valence-corrected chi connectivity index (χ3v) is 8.39. The molecule has 1 aliphatic rings. The van der Waals surface area contributed by atoms with Gasteiger partial charge < -0.3 is 14.8 Å².